The molecular weight excluding hydrogens is 347 g/mol. The Morgan fingerprint density at radius 3 is 2.79 bits per heavy atom. The summed E-state index contributed by atoms with van der Waals surface area (Å²) in [6.45, 7) is 0.600. The van der Waals surface area contributed by atoms with Crippen molar-refractivity contribution in [3.8, 4) is 5.69 Å². The van der Waals surface area contributed by atoms with Gasteiger partial charge in [-0.1, -0.05) is 36.0 Å². The molecule has 0 spiro atoms. The molecule has 5 nitrogen and oxygen atoms in total. The SMILES string of the molecule is NCC1CCCCC1NC(=O)c1ccn(-c2ccc(Cl)c(Cl)c2)n1. The maximum atomic E-state index is 12.5. The summed E-state index contributed by atoms with van der Waals surface area (Å²) in [5, 5.41) is 8.35. The first kappa shape index (κ1) is 17.3. The summed E-state index contributed by atoms with van der Waals surface area (Å²) in [7, 11) is 0. The quantitative estimate of drug-likeness (QED) is 0.870. The van der Waals surface area contributed by atoms with Gasteiger partial charge in [-0.25, -0.2) is 4.68 Å². The number of carbonyl (C=O) groups excluding carboxylic acids is 1. The monoisotopic (exact) mass is 366 g/mol. The minimum atomic E-state index is -0.167. The highest BCUT2D eigenvalue weighted by atomic mass is 35.5. The second kappa shape index (κ2) is 7.55. The molecule has 1 aliphatic carbocycles. The zero-order valence-corrected chi connectivity index (χ0v) is 14.7. The largest absolute Gasteiger partial charge is 0.348 e. The molecule has 0 saturated heterocycles. The normalized spacial score (nSPS) is 20.8. The van der Waals surface area contributed by atoms with E-state index < -0.39 is 0 Å². The minimum Gasteiger partial charge on any atom is -0.348 e. The lowest BCUT2D eigenvalue weighted by molar-refractivity contribution is 0.0902. The Morgan fingerprint density at radius 1 is 1.25 bits per heavy atom. The lowest BCUT2D eigenvalue weighted by Gasteiger charge is -2.31. The standard InChI is InChI=1S/C17H20Cl2N4O/c18-13-6-5-12(9-14(13)19)23-8-7-16(22-23)17(24)21-15-4-2-1-3-11(15)10-20/h5-9,11,15H,1-4,10,20H2,(H,21,24). The highest BCUT2D eigenvalue weighted by molar-refractivity contribution is 6.42. The number of nitrogens with zero attached hydrogens (tertiary/aromatic N) is 2. The molecule has 24 heavy (non-hydrogen) atoms. The van der Waals surface area contributed by atoms with Gasteiger partial charge < -0.3 is 11.1 Å². The van der Waals surface area contributed by atoms with Crippen LogP contribution in [0.2, 0.25) is 10.0 Å². The van der Waals surface area contributed by atoms with Crippen LogP contribution in [0, 0.1) is 5.92 Å². The Kier molecular flexibility index (Phi) is 5.43. The van der Waals surface area contributed by atoms with Crippen LogP contribution < -0.4 is 11.1 Å². The number of aromatic nitrogens is 2. The third-order valence-electron chi connectivity index (χ3n) is 4.52. The summed E-state index contributed by atoms with van der Waals surface area (Å²) < 4.78 is 1.61. The predicted molar refractivity (Wildman–Crippen MR) is 95.9 cm³/mol. The van der Waals surface area contributed by atoms with E-state index in [0.717, 1.165) is 24.9 Å². The summed E-state index contributed by atoms with van der Waals surface area (Å²) in [6, 6.07) is 7.04. The van der Waals surface area contributed by atoms with E-state index in [1.54, 1.807) is 35.1 Å². The molecule has 1 aromatic carbocycles. The molecule has 2 unspecified atom stereocenters. The molecule has 1 saturated carbocycles. The van der Waals surface area contributed by atoms with Gasteiger partial charge in [-0.2, -0.15) is 5.10 Å². The van der Waals surface area contributed by atoms with E-state index in [1.807, 2.05) is 0 Å². The van der Waals surface area contributed by atoms with Gasteiger partial charge >= 0.3 is 0 Å². The number of benzene rings is 1. The summed E-state index contributed by atoms with van der Waals surface area (Å²) in [6.07, 6.45) is 6.08. The van der Waals surface area contributed by atoms with Gasteiger partial charge in [-0.05, 0) is 49.6 Å². The van der Waals surface area contributed by atoms with Crippen molar-refractivity contribution in [2.45, 2.75) is 31.7 Å². The molecule has 7 heteroatoms. The molecule has 3 N–H and O–H groups in total. The van der Waals surface area contributed by atoms with Crippen molar-refractivity contribution in [2.75, 3.05) is 6.54 Å². The Morgan fingerprint density at radius 2 is 2.04 bits per heavy atom. The molecule has 1 aliphatic rings. The van der Waals surface area contributed by atoms with Crippen LogP contribution in [0.4, 0.5) is 0 Å². The van der Waals surface area contributed by atoms with Crippen LogP contribution >= 0.6 is 23.2 Å². The molecule has 128 valence electrons. The fraction of sp³-hybridized carbons (Fsp3) is 0.412. The average molecular weight is 367 g/mol. The van der Waals surface area contributed by atoms with Crippen molar-refractivity contribution >= 4 is 29.1 Å². The summed E-state index contributed by atoms with van der Waals surface area (Å²) in [5.74, 6) is 0.180. The van der Waals surface area contributed by atoms with E-state index in [1.165, 1.54) is 6.42 Å². The number of amides is 1. The molecule has 0 aliphatic heterocycles. The van der Waals surface area contributed by atoms with Crippen molar-refractivity contribution in [1.29, 1.82) is 0 Å². The second-order valence-electron chi connectivity index (χ2n) is 6.10. The fourth-order valence-electron chi connectivity index (χ4n) is 3.14. The Labute approximate surface area is 151 Å². The van der Waals surface area contributed by atoms with Crippen molar-refractivity contribution in [3.05, 3.63) is 46.2 Å². The lowest BCUT2D eigenvalue weighted by atomic mass is 9.84. The smallest absolute Gasteiger partial charge is 0.272 e. The number of halogens is 2. The number of hydrogen-bond donors (Lipinski definition) is 2. The molecule has 0 bridgehead atoms. The number of nitrogens with one attached hydrogen (secondary N) is 1. The molecular formula is C17H20Cl2N4O. The maximum absolute atomic E-state index is 12.5. The van der Waals surface area contributed by atoms with Crippen molar-refractivity contribution < 1.29 is 4.79 Å². The molecule has 1 amide bonds. The Bertz CT molecular complexity index is 731. The average Bonchev–Trinajstić information content (AvgIpc) is 3.08. The van der Waals surface area contributed by atoms with Crippen LogP contribution in [-0.2, 0) is 0 Å². The van der Waals surface area contributed by atoms with Gasteiger partial charge in [0.25, 0.3) is 5.91 Å². The highest BCUT2D eigenvalue weighted by Gasteiger charge is 2.26. The fourth-order valence-corrected chi connectivity index (χ4v) is 3.43. The van der Waals surface area contributed by atoms with E-state index in [2.05, 4.69) is 10.4 Å². The minimum absolute atomic E-state index is 0.131. The Balaban J connectivity index is 1.72. The van der Waals surface area contributed by atoms with Gasteiger partial charge in [0, 0.05) is 12.2 Å². The van der Waals surface area contributed by atoms with E-state index in [9.17, 15) is 4.79 Å². The molecule has 1 heterocycles. The zero-order chi connectivity index (χ0) is 17.1. The van der Waals surface area contributed by atoms with Crippen molar-refractivity contribution in [2.24, 2.45) is 11.7 Å². The topological polar surface area (TPSA) is 72.9 Å². The lowest BCUT2D eigenvalue weighted by Crippen LogP contribution is -2.44. The molecule has 0 radical (unpaired) electrons. The van der Waals surface area contributed by atoms with Crippen LogP contribution in [0.3, 0.4) is 0 Å². The first-order chi connectivity index (χ1) is 11.6. The maximum Gasteiger partial charge on any atom is 0.272 e. The van der Waals surface area contributed by atoms with Crippen LogP contribution in [0.15, 0.2) is 30.5 Å². The third kappa shape index (κ3) is 3.74. The van der Waals surface area contributed by atoms with Crippen LogP contribution in [-0.4, -0.2) is 28.3 Å². The van der Waals surface area contributed by atoms with Gasteiger partial charge in [-0.3, -0.25) is 4.79 Å². The zero-order valence-electron chi connectivity index (χ0n) is 13.2. The van der Waals surface area contributed by atoms with E-state index >= 15 is 0 Å². The van der Waals surface area contributed by atoms with Crippen molar-refractivity contribution in [1.82, 2.24) is 15.1 Å². The molecule has 3 rings (SSSR count). The third-order valence-corrected chi connectivity index (χ3v) is 5.26. The first-order valence-corrected chi connectivity index (χ1v) is 8.86. The Hall–Kier alpha value is -1.56. The molecule has 2 aromatic rings. The van der Waals surface area contributed by atoms with Crippen LogP contribution in [0.25, 0.3) is 5.69 Å². The molecule has 1 aromatic heterocycles. The summed E-state index contributed by atoms with van der Waals surface area (Å²) in [4.78, 5) is 12.5. The molecule has 2 atom stereocenters. The van der Waals surface area contributed by atoms with Gasteiger partial charge in [0.1, 0.15) is 0 Å². The number of rotatable bonds is 4. The predicted octanol–water partition coefficient (Wildman–Crippen LogP) is 3.43. The van der Waals surface area contributed by atoms with Crippen LogP contribution in [0.1, 0.15) is 36.2 Å². The van der Waals surface area contributed by atoms with Crippen LogP contribution in [0.5, 0.6) is 0 Å². The number of nitrogens with two attached hydrogens (primary N) is 1. The summed E-state index contributed by atoms with van der Waals surface area (Å²) in [5.41, 5.74) is 6.95. The summed E-state index contributed by atoms with van der Waals surface area (Å²) >= 11 is 12.0. The van der Waals surface area contributed by atoms with Gasteiger partial charge in [0.15, 0.2) is 5.69 Å². The van der Waals surface area contributed by atoms with Gasteiger partial charge in [0.05, 0.1) is 15.7 Å². The van der Waals surface area contributed by atoms with Gasteiger partial charge in [0.2, 0.25) is 0 Å². The highest BCUT2D eigenvalue weighted by Crippen LogP contribution is 2.25. The number of hydrogen-bond acceptors (Lipinski definition) is 3. The van der Waals surface area contributed by atoms with Gasteiger partial charge in [-0.15, -0.1) is 0 Å². The van der Waals surface area contributed by atoms with Crippen molar-refractivity contribution in [3.63, 3.8) is 0 Å². The second-order valence-corrected chi connectivity index (χ2v) is 6.92. The van der Waals surface area contributed by atoms with E-state index in [0.29, 0.717) is 28.2 Å². The first-order valence-electron chi connectivity index (χ1n) is 8.10. The number of carbonyl (C=O) groups is 1. The molecule has 1 fully saturated rings. The van der Waals surface area contributed by atoms with E-state index in [4.69, 9.17) is 28.9 Å². The van der Waals surface area contributed by atoms with E-state index in [-0.39, 0.29) is 11.9 Å².